The average Bonchev–Trinajstić information content (AvgIpc) is 3.05. The molecule has 0 saturated heterocycles. The fraction of sp³-hybridized carbons (Fsp3) is 0.400. The van der Waals surface area contributed by atoms with Crippen LogP contribution >= 0.6 is 0 Å². The van der Waals surface area contributed by atoms with Crippen molar-refractivity contribution in [2.24, 2.45) is 17.3 Å². The van der Waals surface area contributed by atoms with Gasteiger partial charge in [-0.2, -0.15) is 0 Å². The number of carbonyl (C=O) groups is 2. The zero-order valence-electron chi connectivity index (χ0n) is 14.3. The van der Waals surface area contributed by atoms with E-state index >= 15 is 0 Å². The van der Waals surface area contributed by atoms with E-state index in [2.05, 4.69) is 6.58 Å². The molecule has 0 bridgehead atoms. The fourth-order valence-electron chi connectivity index (χ4n) is 4.92. The molecular weight excluding hydrogens is 320 g/mol. The van der Waals surface area contributed by atoms with Crippen molar-refractivity contribution in [3.63, 3.8) is 0 Å². The van der Waals surface area contributed by atoms with Crippen molar-refractivity contribution >= 4 is 11.6 Å². The van der Waals surface area contributed by atoms with Gasteiger partial charge in [-0.15, -0.1) is 6.58 Å². The molecule has 1 aliphatic heterocycles. The van der Waals surface area contributed by atoms with Crippen LogP contribution in [-0.4, -0.2) is 25.5 Å². The van der Waals surface area contributed by atoms with E-state index in [1.165, 1.54) is 13.2 Å². The van der Waals surface area contributed by atoms with Crippen molar-refractivity contribution < 1.29 is 23.8 Å². The molecule has 0 spiro atoms. The molecule has 1 aromatic rings. The van der Waals surface area contributed by atoms with E-state index in [0.717, 1.165) is 5.56 Å². The summed E-state index contributed by atoms with van der Waals surface area (Å²) < 4.78 is 16.0. The second kappa shape index (κ2) is 5.48. The fourth-order valence-corrected chi connectivity index (χ4v) is 4.92. The van der Waals surface area contributed by atoms with E-state index in [1.807, 2.05) is 25.1 Å². The number of fused-ring (bicyclic) bond motifs is 2. The van der Waals surface area contributed by atoms with Crippen LogP contribution in [0.2, 0.25) is 0 Å². The molecule has 4 atom stereocenters. The van der Waals surface area contributed by atoms with Crippen molar-refractivity contribution in [2.45, 2.75) is 19.3 Å². The lowest BCUT2D eigenvalue weighted by molar-refractivity contribution is -0.161. The highest BCUT2D eigenvalue weighted by molar-refractivity contribution is 6.13. The Morgan fingerprint density at radius 1 is 1.28 bits per heavy atom. The van der Waals surface area contributed by atoms with E-state index in [1.54, 1.807) is 6.08 Å². The SMILES string of the molecule is C=CCC12C(=O)C=C(OC)C(=O)C1[C@@H](C)[C@@H]2c1ccc2c(c1)OCO2. The van der Waals surface area contributed by atoms with Crippen LogP contribution in [0.3, 0.4) is 0 Å². The van der Waals surface area contributed by atoms with Crippen LogP contribution < -0.4 is 9.47 Å². The van der Waals surface area contributed by atoms with Gasteiger partial charge in [-0.05, 0) is 30.0 Å². The molecule has 1 fully saturated rings. The number of benzene rings is 1. The molecule has 2 unspecified atom stereocenters. The predicted molar refractivity (Wildman–Crippen MR) is 90.3 cm³/mol. The normalized spacial score (nSPS) is 32.6. The number of hydrogen-bond acceptors (Lipinski definition) is 5. The summed E-state index contributed by atoms with van der Waals surface area (Å²) in [5.74, 6) is 0.969. The minimum atomic E-state index is -0.784. The van der Waals surface area contributed by atoms with Gasteiger partial charge in [0.15, 0.2) is 23.0 Å². The molecule has 0 N–H and O–H groups in total. The molecule has 4 rings (SSSR count). The van der Waals surface area contributed by atoms with Gasteiger partial charge < -0.3 is 14.2 Å². The average molecular weight is 340 g/mol. The third-order valence-electron chi connectivity index (χ3n) is 5.87. The lowest BCUT2D eigenvalue weighted by Crippen LogP contribution is -2.63. The first-order valence-electron chi connectivity index (χ1n) is 8.39. The lowest BCUT2D eigenvalue weighted by atomic mass is 9.40. The summed E-state index contributed by atoms with van der Waals surface area (Å²) >= 11 is 0. The number of carbonyl (C=O) groups excluding carboxylic acids is 2. The van der Waals surface area contributed by atoms with Crippen molar-refractivity contribution in [3.05, 3.63) is 48.3 Å². The summed E-state index contributed by atoms with van der Waals surface area (Å²) in [6, 6.07) is 5.76. The van der Waals surface area contributed by atoms with Gasteiger partial charge in [0.2, 0.25) is 12.6 Å². The molecular formula is C20H20O5. The van der Waals surface area contributed by atoms with Crippen LogP contribution in [0.15, 0.2) is 42.7 Å². The second-order valence-corrected chi connectivity index (χ2v) is 6.90. The number of allylic oxidation sites excluding steroid dienone is 3. The Kier molecular flexibility index (Phi) is 3.49. The summed E-state index contributed by atoms with van der Waals surface area (Å²) in [6.45, 7) is 6.04. The predicted octanol–water partition coefficient (Wildman–Crippen LogP) is 3.01. The minimum absolute atomic E-state index is 0.0237. The second-order valence-electron chi connectivity index (χ2n) is 6.90. The van der Waals surface area contributed by atoms with Crippen LogP contribution in [0, 0.1) is 17.3 Å². The van der Waals surface area contributed by atoms with Crippen molar-refractivity contribution in [1.29, 1.82) is 0 Å². The molecule has 0 aromatic heterocycles. The molecule has 5 nitrogen and oxygen atoms in total. The molecule has 0 amide bonds. The van der Waals surface area contributed by atoms with Crippen LogP contribution in [0.1, 0.15) is 24.8 Å². The monoisotopic (exact) mass is 340 g/mol. The largest absolute Gasteiger partial charge is 0.493 e. The third kappa shape index (κ3) is 1.95. The Morgan fingerprint density at radius 3 is 2.76 bits per heavy atom. The molecule has 1 saturated carbocycles. The molecule has 0 radical (unpaired) electrons. The quantitative estimate of drug-likeness (QED) is 0.789. The first-order valence-corrected chi connectivity index (χ1v) is 8.39. The van der Waals surface area contributed by atoms with Gasteiger partial charge in [0.05, 0.1) is 12.5 Å². The standard InChI is InChI=1S/C20H20O5/c1-4-7-20-16(21)9-15(23-3)19(22)18(20)11(2)17(20)12-5-6-13-14(8-12)25-10-24-13/h4-6,8-9,11,17-18H,1,7,10H2,2-3H3/t11-,17+,18?,20?/m0/s1. The van der Waals surface area contributed by atoms with Gasteiger partial charge in [0.1, 0.15) is 0 Å². The highest BCUT2D eigenvalue weighted by atomic mass is 16.7. The number of Topliss-reactive ketones (excluding diaryl/α,β-unsaturated/α-hetero) is 1. The Balaban J connectivity index is 1.81. The third-order valence-corrected chi connectivity index (χ3v) is 5.87. The topological polar surface area (TPSA) is 61.8 Å². The first-order chi connectivity index (χ1) is 12.0. The molecule has 1 heterocycles. The van der Waals surface area contributed by atoms with Crippen LogP contribution in [-0.2, 0) is 14.3 Å². The Morgan fingerprint density at radius 2 is 2.04 bits per heavy atom. The van der Waals surface area contributed by atoms with Crippen LogP contribution in [0.4, 0.5) is 0 Å². The maximum Gasteiger partial charge on any atom is 0.231 e. The van der Waals surface area contributed by atoms with Gasteiger partial charge in [0.25, 0.3) is 0 Å². The summed E-state index contributed by atoms with van der Waals surface area (Å²) in [5, 5.41) is 0. The smallest absolute Gasteiger partial charge is 0.231 e. The lowest BCUT2D eigenvalue weighted by Gasteiger charge is -2.60. The van der Waals surface area contributed by atoms with Gasteiger partial charge in [-0.1, -0.05) is 19.1 Å². The molecule has 25 heavy (non-hydrogen) atoms. The van der Waals surface area contributed by atoms with Gasteiger partial charge >= 0.3 is 0 Å². The van der Waals surface area contributed by atoms with E-state index in [9.17, 15) is 9.59 Å². The van der Waals surface area contributed by atoms with Gasteiger partial charge in [0, 0.05) is 17.9 Å². The van der Waals surface area contributed by atoms with Gasteiger partial charge in [-0.25, -0.2) is 0 Å². The molecule has 1 aromatic carbocycles. The van der Waals surface area contributed by atoms with E-state index in [0.29, 0.717) is 17.9 Å². The van der Waals surface area contributed by atoms with Crippen molar-refractivity contribution in [2.75, 3.05) is 13.9 Å². The highest BCUT2D eigenvalue weighted by Crippen LogP contribution is 2.66. The van der Waals surface area contributed by atoms with E-state index in [-0.39, 0.29) is 41.9 Å². The zero-order chi connectivity index (χ0) is 17.8. The maximum absolute atomic E-state index is 13.0. The number of ketones is 2. The Hall–Kier alpha value is -2.56. The molecule has 3 aliphatic rings. The maximum atomic E-state index is 13.0. The Bertz CT molecular complexity index is 808. The molecule has 2 aliphatic carbocycles. The summed E-state index contributed by atoms with van der Waals surface area (Å²) in [7, 11) is 1.43. The Labute approximate surface area is 146 Å². The molecule has 5 heteroatoms. The summed E-state index contributed by atoms with van der Waals surface area (Å²) in [6.07, 6.45) is 3.54. The van der Waals surface area contributed by atoms with E-state index in [4.69, 9.17) is 14.2 Å². The van der Waals surface area contributed by atoms with Crippen molar-refractivity contribution in [3.8, 4) is 11.5 Å². The zero-order valence-corrected chi connectivity index (χ0v) is 14.3. The van der Waals surface area contributed by atoms with E-state index < -0.39 is 5.41 Å². The first kappa shape index (κ1) is 15.9. The van der Waals surface area contributed by atoms with Gasteiger partial charge in [-0.3, -0.25) is 9.59 Å². The molecule has 130 valence electrons. The minimum Gasteiger partial charge on any atom is -0.493 e. The summed E-state index contributed by atoms with van der Waals surface area (Å²) in [4.78, 5) is 25.8. The summed E-state index contributed by atoms with van der Waals surface area (Å²) in [5.41, 5.74) is 0.207. The number of hydrogen-bond donors (Lipinski definition) is 0. The number of ether oxygens (including phenoxy) is 3. The number of methoxy groups -OCH3 is 1. The van der Waals surface area contributed by atoms with Crippen LogP contribution in [0.5, 0.6) is 11.5 Å². The van der Waals surface area contributed by atoms with Crippen molar-refractivity contribution in [1.82, 2.24) is 0 Å². The highest BCUT2D eigenvalue weighted by Gasteiger charge is 2.67. The number of rotatable bonds is 4. The van der Waals surface area contributed by atoms with Crippen LogP contribution in [0.25, 0.3) is 0 Å².